The highest BCUT2D eigenvalue weighted by molar-refractivity contribution is 5.93. The highest BCUT2D eigenvalue weighted by Crippen LogP contribution is 2.23. The molecule has 0 aliphatic carbocycles. The summed E-state index contributed by atoms with van der Waals surface area (Å²) in [5.74, 6) is 0.206. The van der Waals surface area contributed by atoms with Gasteiger partial charge in [0.05, 0.1) is 16.6 Å². The Kier molecular flexibility index (Phi) is 6.99. The van der Waals surface area contributed by atoms with Crippen LogP contribution in [0.25, 0.3) is 11.6 Å². The molecule has 32 heavy (non-hydrogen) atoms. The molecule has 0 aliphatic rings. The van der Waals surface area contributed by atoms with Crippen molar-refractivity contribution in [3.63, 3.8) is 0 Å². The molecule has 1 N–H and O–H groups in total. The third-order valence-corrected chi connectivity index (χ3v) is 4.70. The molecule has 7 heteroatoms. The zero-order valence-electron chi connectivity index (χ0n) is 17.7. The predicted molar refractivity (Wildman–Crippen MR) is 123 cm³/mol. The average molecular weight is 427 g/mol. The zero-order chi connectivity index (χ0) is 23.1. The molecule has 1 amide bonds. The molecule has 0 saturated carbocycles. The molecule has 0 heterocycles. The maximum atomic E-state index is 12.3. The lowest BCUT2D eigenvalue weighted by molar-refractivity contribution is -0.384. The molecule has 0 bridgehead atoms. The summed E-state index contributed by atoms with van der Waals surface area (Å²) in [7, 11) is 0. The van der Waals surface area contributed by atoms with E-state index in [4.69, 9.17) is 4.74 Å². The van der Waals surface area contributed by atoms with Crippen LogP contribution in [0.3, 0.4) is 0 Å². The maximum Gasteiger partial charge on any atom is 0.269 e. The van der Waals surface area contributed by atoms with E-state index >= 15 is 0 Å². The Bertz CT molecular complexity index is 1220. The van der Waals surface area contributed by atoms with E-state index in [2.05, 4.69) is 11.4 Å². The van der Waals surface area contributed by atoms with Gasteiger partial charge in [-0.2, -0.15) is 5.26 Å². The number of benzene rings is 3. The van der Waals surface area contributed by atoms with Gasteiger partial charge in [0.25, 0.3) is 11.6 Å². The first-order valence-corrected chi connectivity index (χ1v) is 9.82. The van der Waals surface area contributed by atoms with Gasteiger partial charge in [0.1, 0.15) is 5.75 Å². The molecule has 0 saturated heterocycles. The fourth-order valence-corrected chi connectivity index (χ4v) is 3.09. The van der Waals surface area contributed by atoms with E-state index in [0.29, 0.717) is 22.4 Å². The number of hydrogen-bond acceptors (Lipinski definition) is 5. The minimum absolute atomic E-state index is 0.0412. The lowest BCUT2D eigenvalue weighted by Gasteiger charge is -2.10. The molecule has 3 rings (SSSR count). The summed E-state index contributed by atoms with van der Waals surface area (Å²) in [4.78, 5) is 22.6. The van der Waals surface area contributed by atoms with Crippen molar-refractivity contribution in [1.82, 2.24) is 0 Å². The highest BCUT2D eigenvalue weighted by Gasteiger charge is 2.09. The summed E-state index contributed by atoms with van der Waals surface area (Å²) >= 11 is 0. The van der Waals surface area contributed by atoms with Crippen LogP contribution >= 0.6 is 0 Å². The third-order valence-electron chi connectivity index (χ3n) is 4.70. The molecule has 3 aromatic carbocycles. The smallest absolute Gasteiger partial charge is 0.269 e. The van der Waals surface area contributed by atoms with Gasteiger partial charge in [-0.3, -0.25) is 14.9 Å². The Morgan fingerprint density at radius 1 is 1.12 bits per heavy atom. The summed E-state index contributed by atoms with van der Waals surface area (Å²) in [5.41, 5.74) is 4.41. The summed E-state index contributed by atoms with van der Waals surface area (Å²) in [6, 6.07) is 20.7. The molecule has 3 aromatic rings. The normalized spacial score (nSPS) is 10.8. The zero-order valence-corrected chi connectivity index (χ0v) is 17.7. The number of amides is 1. The molecular weight excluding hydrogens is 406 g/mol. The number of rotatable bonds is 7. The molecule has 0 unspecified atom stereocenters. The molecular formula is C25H21N3O4. The second-order valence-electron chi connectivity index (χ2n) is 7.20. The van der Waals surface area contributed by atoms with Crippen molar-refractivity contribution in [2.45, 2.75) is 13.8 Å². The van der Waals surface area contributed by atoms with Crippen LogP contribution in [0, 0.1) is 35.3 Å². The van der Waals surface area contributed by atoms with Crippen LogP contribution in [0.2, 0.25) is 0 Å². The van der Waals surface area contributed by atoms with Crippen LogP contribution in [0.5, 0.6) is 5.75 Å². The lowest BCUT2D eigenvalue weighted by atomic mass is 10.0. The number of nitriles is 1. The van der Waals surface area contributed by atoms with E-state index in [1.54, 1.807) is 30.3 Å². The Morgan fingerprint density at radius 3 is 2.53 bits per heavy atom. The van der Waals surface area contributed by atoms with Crippen molar-refractivity contribution in [3.8, 4) is 11.8 Å². The van der Waals surface area contributed by atoms with E-state index < -0.39 is 4.92 Å². The number of nitrogens with zero attached hydrogens (tertiary/aromatic N) is 2. The van der Waals surface area contributed by atoms with Gasteiger partial charge in [-0.1, -0.05) is 29.8 Å². The lowest BCUT2D eigenvalue weighted by Crippen LogP contribution is -2.20. The van der Waals surface area contributed by atoms with Gasteiger partial charge in [-0.05, 0) is 66.9 Å². The van der Waals surface area contributed by atoms with Crippen molar-refractivity contribution in [1.29, 1.82) is 5.26 Å². The van der Waals surface area contributed by atoms with Gasteiger partial charge < -0.3 is 10.1 Å². The van der Waals surface area contributed by atoms with Crippen molar-refractivity contribution in [2.24, 2.45) is 0 Å². The van der Waals surface area contributed by atoms with E-state index in [1.165, 1.54) is 24.3 Å². The molecule has 0 aliphatic heterocycles. The van der Waals surface area contributed by atoms with E-state index in [1.807, 2.05) is 32.0 Å². The van der Waals surface area contributed by atoms with Gasteiger partial charge in [0, 0.05) is 17.8 Å². The van der Waals surface area contributed by atoms with Crippen molar-refractivity contribution in [2.75, 3.05) is 11.9 Å². The van der Waals surface area contributed by atoms with Gasteiger partial charge in [0.2, 0.25) is 0 Å². The summed E-state index contributed by atoms with van der Waals surface area (Å²) in [5, 5.41) is 23.1. The van der Waals surface area contributed by atoms with Gasteiger partial charge >= 0.3 is 0 Å². The molecule has 160 valence electrons. The number of ether oxygens (including phenoxy) is 1. The average Bonchev–Trinajstić information content (AvgIpc) is 2.78. The maximum absolute atomic E-state index is 12.3. The molecule has 0 fully saturated rings. The second kappa shape index (κ2) is 10.0. The van der Waals surface area contributed by atoms with Crippen LogP contribution in [-0.2, 0) is 4.79 Å². The quantitative estimate of drug-likeness (QED) is 0.239. The number of nitro groups is 1. The van der Waals surface area contributed by atoms with Crippen molar-refractivity contribution < 1.29 is 14.5 Å². The van der Waals surface area contributed by atoms with Crippen LogP contribution in [0.4, 0.5) is 11.4 Å². The number of carbonyl (C=O) groups is 1. The molecule has 7 nitrogen and oxygen atoms in total. The number of aryl methyl sites for hydroxylation is 2. The minimum atomic E-state index is -0.489. The first kappa shape index (κ1) is 22.2. The first-order chi connectivity index (χ1) is 15.4. The molecule has 0 atom stereocenters. The van der Waals surface area contributed by atoms with Gasteiger partial charge in [-0.15, -0.1) is 0 Å². The van der Waals surface area contributed by atoms with Crippen LogP contribution < -0.4 is 10.1 Å². The third kappa shape index (κ3) is 5.80. The number of carbonyl (C=O) groups excluding carboxylic acids is 1. The standard InChI is InChI=1S/C25H21N3O4/c1-17-6-11-24(18(2)12-17)27-25(29)16-32-23-5-3-4-19(14-23)13-21(15-26)20-7-9-22(10-8-20)28(30)31/h3-14H,16H2,1-2H3,(H,27,29)/b21-13+. The van der Waals surface area contributed by atoms with Crippen LogP contribution in [0.15, 0.2) is 66.7 Å². The minimum Gasteiger partial charge on any atom is -0.484 e. The van der Waals surface area contributed by atoms with Gasteiger partial charge in [0.15, 0.2) is 6.61 Å². The highest BCUT2D eigenvalue weighted by atomic mass is 16.6. The topological polar surface area (TPSA) is 105 Å². The number of allylic oxidation sites excluding steroid dienone is 1. The summed E-state index contributed by atoms with van der Waals surface area (Å²) in [6.45, 7) is 3.76. The van der Waals surface area contributed by atoms with Crippen LogP contribution in [-0.4, -0.2) is 17.4 Å². The largest absolute Gasteiger partial charge is 0.484 e. The Labute approximate surface area is 185 Å². The Morgan fingerprint density at radius 2 is 1.88 bits per heavy atom. The summed E-state index contributed by atoms with van der Waals surface area (Å²) in [6.07, 6.45) is 1.66. The first-order valence-electron chi connectivity index (χ1n) is 9.82. The van der Waals surface area contributed by atoms with Gasteiger partial charge in [-0.25, -0.2) is 0 Å². The monoisotopic (exact) mass is 427 g/mol. The number of nitrogens with one attached hydrogen (secondary N) is 1. The number of hydrogen-bond donors (Lipinski definition) is 1. The number of anilines is 1. The molecule has 0 aromatic heterocycles. The van der Waals surface area contributed by atoms with E-state index in [0.717, 1.165) is 16.8 Å². The summed E-state index contributed by atoms with van der Waals surface area (Å²) < 4.78 is 5.61. The molecule has 0 spiro atoms. The van der Waals surface area contributed by atoms with E-state index in [9.17, 15) is 20.2 Å². The fourth-order valence-electron chi connectivity index (χ4n) is 3.09. The Hall–Kier alpha value is -4.44. The SMILES string of the molecule is Cc1ccc(NC(=O)COc2cccc(/C=C(\C#N)c3ccc([N+](=O)[O-])cc3)c2)c(C)c1. The number of non-ortho nitro benzene ring substituents is 1. The van der Waals surface area contributed by atoms with Crippen LogP contribution in [0.1, 0.15) is 22.3 Å². The second-order valence-corrected chi connectivity index (χ2v) is 7.20. The van der Waals surface area contributed by atoms with E-state index in [-0.39, 0.29) is 18.2 Å². The molecule has 0 radical (unpaired) electrons. The number of nitro benzene ring substituents is 1. The van der Waals surface area contributed by atoms with Crippen molar-refractivity contribution >= 4 is 28.9 Å². The predicted octanol–water partition coefficient (Wildman–Crippen LogP) is 5.29. The Balaban J connectivity index is 1.68. The van der Waals surface area contributed by atoms with Crippen molar-refractivity contribution in [3.05, 3.63) is 99.1 Å². The fraction of sp³-hybridized carbons (Fsp3) is 0.120.